The van der Waals surface area contributed by atoms with Crippen molar-refractivity contribution in [2.24, 2.45) is 0 Å². The van der Waals surface area contributed by atoms with E-state index in [0.717, 1.165) is 17.5 Å². The topological polar surface area (TPSA) is 78.4 Å². The van der Waals surface area contributed by atoms with E-state index in [1.54, 1.807) is 12.1 Å². The lowest BCUT2D eigenvalue weighted by atomic mass is 9.96. The molecule has 5 heteroatoms. The fraction of sp³-hybridized carbons (Fsp3) is 0.300. The van der Waals surface area contributed by atoms with Gasteiger partial charge in [-0.05, 0) is 36.1 Å². The number of aliphatic hydroxyl groups is 1. The van der Waals surface area contributed by atoms with Crippen molar-refractivity contribution in [3.05, 3.63) is 65.7 Å². The summed E-state index contributed by atoms with van der Waals surface area (Å²) in [4.78, 5) is 24.0. The van der Waals surface area contributed by atoms with Gasteiger partial charge in [-0.1, -0.05) is 49.4 Å². The van der Waals surface area contributed by atoms with Crippen LogP contribution in [0.15, 0.2) is 54.6 Å². The molecular weight excluding hydrogens is 316 g/mol. The van der Waals surface area contributed by atoms with Gasteiger partial charge >= 0.3 is 11.8 Å². The lowest BCUT2D eigenvalue weighted by molar-refractivity contribution is -0.136. The highest BCUT2D eigenvalue weighted by molar-refractivity contribution is 6.39. The van der Waals surface area contributed by atoms with Crippen LogP contribution in [0.3, 0.4) is 0 Å². The number of benzene rings is 2. The molecule has 0 bridgehead atoms. The van der Waals surface area contributed by atoms with Gasteiger partial charge in [0.1, 0.15) is 0 Å². The summed E-state index contributed by atoms with van der Waals surface area (Å²) in [6, 6.07) is 17.0. The normalized spacial score (nSPS) is 11.6. The number of aliphatic hydroxyl groups excluding tert-OH is 1. The van der Waals surface area contributed by atoms with E-state index in [4.69, 9.17) is 0 Å². The summed E-state index contributed by atoms with van der Waals surface area (Å²) in [6.45, 7) is 2.37. The van der Waals surface area contributed by atoms with Crippen LogP contribution in [0.5, 0.6) is 0 Å². The molecule has 2 amide bonds. The maximum absolute atomic E-state index is 12.0. The lowest BCUT2D eigenvalue weighted by Crippen LogP contribution is -2.37. The van der Waals surface area contributed by atoms with Crippen molar-refractivity contribution in [2.45, 2.75) is 25.7 Å². The third-order valence-corrected chi connectivity index (χ3v) is 4.08. The molecule has 0 aliphatic carbocycles. The Morgan fingerprint density at radius 3 is 2.28 bits per heavy atom. The van der Waals surface area contributed by atoms with Crippen LogP contribution >= 0.6 is 0 Å². The number of anilines is 1. The Kier molecular flexibility index (Phi) is 7.16. The molecule has 132 valence electrons. The van der Waals surface area contributed by atoms with Crippen LogP contribution in [-0.2, 0) is 16.0 Å². The number of hydrogen-bond donors (Lipinski definition) is 3. The van der Waals surface area contributed by atoms with E-state index in [9.17, 15) is 14.7 Å². The van der Waals surface area contributed by atoms with Crippen molar-refractivity contribution < 1.29 is 14.7 Å². The fourth-order valence-electron chi connectivity index (χ4n) is 2.58. The maximum Gasteiger partial charge on any atom is 0.313 e. The number of nitrogens with one attached hydrogen (secondary N) is 2. The summed E-state index contributed by atoms with van der Waals surface area (Å²) in [5.41, 5.74) is 2.77. The molecule has 0 aromatic heterocycles. The third kappa shape index (κ3) is 5.72. The SMILES string of the molecule is CCc1ccc(NC(=O)C(=O)NCC(CCO)c2ccccc2)cc1. The van der Waals surface area contributed by atoms with E-state index in [2.05, 4.69) is 17.6 Å². The standard InChI is InChI=1S/C20H24N2O3/c1-2-15-8-10-18(11-9-15)22-20(25)19(24)21-14-17(12-13-23)16-6-4-3-5-7-16/h3-11,17,23H,2,12-14H2,1H3,(H,21,24)(H,22,25). The van der Waals surface area contributed by atoms with Gasteiger partial charge in [0.2, 0.25) is 0 Å². The molecular formula is C20H24N2O3. The summed E-state index contributed by atoms with van der Waals surface area (Å²) in [7, 11) is 0. The van der Waals surface area contributed by atoms with Crippen LogP contribution in [0, 0.1) is 0 Å². The fourth-order valence-corrected chi connectivity index (χ4v) is 2.58. The summed E-state index contributed by atoms with van der Waals surface area (Å²) >= 11 is 0. The molecule has 2 aromatic rings. The van der Waals surface area contributed by atoms with Crippen molar-refractivity contribution in [1.29, 1.82) is 0 Å². The van der Waals surface area contributed by atoms with E-state index in [1.807, 2.05) is 42.5 Å². The molecule has 0 heterocycles. The van der Waals surface area contributed by atoms with Gasteiger partial charge < -0.3 is 15.7 Å². The second-order valence-electron chi connectivity index (χ2n) is 5.83. The van der Waals surface area contributed by atoms with Gasteiger partial charge in [0, 0.05) is 24.8 Å². The monoisotopic (exact) mass is 340 g/mol. The van der Waals surface area contributed by atoms with Crippen LogP contribution in [0.1, 0.15) is 30.4 Å². The average molecular weight is 340 g/mol. The first-order valence-corrected chi connectivity index (χ1v) is 8.48. The van der Waals surface area contributed by atoms with E-state index < -0.39 is 11.8 Å². The number of carbonyl (C=O) groups is 2. The molecule has 1 unspecified atom stereocenters. The molecule has 0 saturated heterocycles. The van der Waals surface area contributed by atoms with Crippen LogP contribution in [0.2, 0.25) is 0 Å². The smallest absolute Gasteiger partial charge is 0.313 e. The molecule has 3 N–H and O–H groups in total. The van der Waals surface area contributed by atoms with Crippen LogP contribution < -0.4 is 10.6 Å². The Bertz CT molecular complexity index is 684. The zero-order valence-corrected chi connectivity index (χ0v) is 14.4. The van der Waals surface area contributed by atoms with Crippen LogP contribution in [-0.4, -0.2) is 30.1 Å². The first-order chi connectivity index (χ1) is 12.1. The van der Waals surface area contributed by atoms with Gasteiger partial charge in [0.25, 0.3) is 0 Å². The van der Waals surface area contributed by atoms with Crippen LogP contribution in [0.25, 0.3) is 0 Å². The molecule has 25 heavy (non-hydrogen) atoms. The highest BCUT2D eigenvalue weighted by Gasteiger charge is 2.17. The summed E-state index contributed by atoms with van der Waals surface area (Å²) in [5.74, 6) is -1.41. The van der Waals surface area contributed by atoms with E-state index in [-0.39, 0.29) is 12.5 Å². The molecule has 2 aromatic carbocycles. The highest BCUT2D eigenvalue weighted by atomic mass is 16.3. The molecule has 0 aliphatic rings. The van der Waals surface area contributed by atoms with E-state index in [1.165, 1.54) is 0 Å². The number of aryl methyl sites for hydroxylation is 1. The van der Waals surface area contributed by atoms with E-state index in [0.29, 0.717) is 18.7 Å². The Labute approximate surface area is 148 Å². The molecule has 5 nitrogen and oxygen atoms in total. The van der Waals surface area contributed by atoms with E-state index >= 15 is 0 Å². The minimum Gasteiger partial charge on any atom is -0.396 e. The largest absolute Gasteiger partial charge is 0.396 e. The summed E-state index contributed by atoms with van der Waals surface area (Å²) < 4.78 is 0. The molecule has 0 aliphatic heterocycles. The van der Waals surface area contributed by atoms with Crippen molar-refractivity contribution >= 4 is 17.5 Å². The molecule has 0 fully saturated rings. The third-order valence-electron chi connectivity index (χ3n) is 4.08. The quantitative estimate of drug-likeness (QED) is 0.678. The Morgan fingerprint density at radius 1 is 1.00 bits per heavy atom. The summed E-state index contributed by atoms with van der Waals surface area (Å²) in [6.07, 6.45) is 1.44. The zero-order valence-electron chi connectivity index (χ0n) is 14.4. The number of amides is 2. The predicted molar refractivity (Wildman–Crippen MR) is 98.3 cm³/mol. The van der Waals surface area contributed by atoms with Crippen molar-refractivity contribution in [1.82, 2.24) is 5.32 Å². The van der Waals surface area contributed by atoms with Crippen LogP contribution in [0.4, 0.5) is 5.69 Å². The molecule has 2 rings (SSSR count). The Hall–Kier alpha value is -2.66. The van der Waals surface area contributed by atoms with Gasteiger partial charge in [0.15, 0.2) is 0 Å². The Morgan fingerprint density at radius 2 is 1.68 bits per heavy atom. The minimum atomic E-state index is -0.694. The second kappa shape index (κ2) is 9.59. The van der Waals surface area contributed by atoms with Gasteiger partial charge in [-0.15, -0.1) is 0 Å². The number of carbonyl (C=O) groups excluding carboxylic acids is 2. The van der Waals surface area contributed by atoms with Gasteiger partial charge in [-0.2, -0.15) is 0 Å². The molecule has 0 saturated carbocycles. The number of rotatable bonds is 7. The maximum atomic E-state index is 12.0. The van der Waals surface area contributed by atoms with Gasteiger partial charge in [0.05, 0.1) is 0 Å². The highest BCUT2D eigenvalue weighted by Crippen LogP contribution is 2.18. The zero-order chi connectivity index (χ0) is 18.1. The summed E-state index contributed by atoms with van der Waals surface area (Å²) in [5, 5.41) is 14.5. The van der Waals surface area contributed by atoms with Crippen molar-refractivity contribution in [2.75, 3.05) is 18.5 Å². The first-order valence-electron chi connectivity index (χ1n) is 8.48. The molecule has 0 spiro atoms. The second-order valence-corrected chi connectivity index (χ2v) is 5.83. The predicted octanol–water partition coefficient (Wildman–Crippen LogP) is 2.47. The Balaban J connectivity index is 1.89. The van der Waals surface area contributed by atoms with Crippen molar-refractivity contribution in [3.8, 4) is 0 Å². The number of hydrogen-bond acceptors (Lipinski definition) is 3. The molecule has 0 radical (unpaired) electrons. The van der Waals surface area contributed by atoms with Gasteiger partial charge in [-0.25, -0.2) is 0 Å². The van der Waals surface area contributed by atoms with Crippen molar-refractivity contribution in [3.63, 3.8) is 0 Å². The lowest BCUT2D eigenvalue weighted by Gasteiger charge is -2.17. The van der Waals surface area contributed by atoms with Gasteiger partial charge in [-0.3, -0.25) is 9.59 Å². The molecule has 1 atom stereocenters. The first kappa shape index (κ1) is 18.7. The minimum absolute atomic E-state index is 0.0193. The average Bonchev–Trinajstić information content (AvgIpc) is 2.66.